The summed E-state index contributed by atoms with van der Waals surface area (Å²) >= 11 is 0. The molecule has 0 unspecified atom stereocenters. The third-order valence-electron chi connectivity index (χ3n) is 9.81. The van der Waals surface area contributed by atoms with Gasteiger partial charge < -0.3 is 9.80 Å². The van der Waals surface area contributed by atoms with Crippen LogP contribution in [0.5, 0.6) is 0 Å². The van der Waals surface area contributed by atoms with Crippen LogP contribution in [0, 0.1) is 0 Å². The maximum Gasteiger partial charge on any atom is 0.0446 e. The summed E-state index contributed by atoms with van der Waals surface area (Å²) in [5.41, 5.74) is 10.2. The summed E-state index contributed by atoms with van der Waals surface area (Å²) in [6.07, 6.45) is 0. The molecule has 8 aromatic rings. The number of anilines is 2. The van der Waals surface area contributed by atoms with E-state index >= 15 is 0 Å². The highest BCUT2D eigenvalue weighted by molar-refractivity contribution is 6.08. The van der Waals surface area contributed by atoms with Gasteiger partial charge in [0, 0.05) is 49.7 Å². The third kappa shape index (κ3) is 4.41. The smallest absolute Gasteiger partial charge is 0.0446 e. The van der Waals surface area contributed by atoms with Crippen LogP contribution in [0.15, 0.2) is 146 Å². The zero-order valence-electron chi connectivity index (χ0n) is 26.2. The van der Waals surface area contributed by atoms with E-state index in [2.05, 4.69) is 169 Å². The lowest BCUT2D eigenvalue weighted by atomic mass is 9.90. The minimum Gasteiger partial charge on any atom is -0.370 e. The third-order valence-corrected chi connectivity index (χ3v) is 9.81. The predicted octanol–water partition coefficient (Wildman–Crippen LogP) is 11.2. The first-order valence-corrected chi connectivity index (χ1v) is 16.1. The van der Waals surface area contributed by atoms with Gasteiger partial charge in [0.15, 0.2) is 0 Å². The molecule has 0 spiro atoms. The van der Waals surface area contributed by atoms with Gasteiger partial charge in [0.1, 0.15) is 0 Å². The molecule has 46 heavy (non-hydrogen) atoms. The van der Waals surface area contributed by atoms with Gasteiger partial charge in [-0.2, -0.15) is 0 Å². The minimum absolute atomic E-state index is 0.797. The predicted molar refractivity (Wildman–Crippen MR) is 198 cm³/mol. The van der Waals surface area contributed by atoms with E-state index in [1.165, 1.54) is 87.8 Å². The van der Waals surface area contributed by atoms with Gasteiger partial charge in [0.05, 0.1) is 0 Å². The number of nitrogens with zero attached hydrogens (tertiary/aromatic N) is 2. The molecule has 0 radical (unpaired) electrons. The fourth-order valence-electron chi connectivity index (χ4n) is 7.65. The average molecular weight is 591 g/mol. The summed E-state index contributed by atoms with van der Waals surface area (Å²) in [7, 11) is 4.47. The van der Waals surface area contributed by atoms with E-state index in [0.29, 0.717) is 0 Å². The summed E-state index contributed by atoms with van der Waals surface area (Å²) in [5, 5.41) is 10.2. The van der Waals surface area contributed by atoms with Crippen LogP contribution >= 0.6 is 0 Å². The summed E-state index contributed by atoms with van der Waals surface area (Å²) in [6.45, 7) is 1.59. The molecule has 2 nitrogen and oxygen atoms in total. The SMILES string of the molecule is CN1Cc2cc(c3cc4ccccc4cc3c2)-c2ccccc2N(C)Cc2cc(c3cc4ccccc4cc3c2)-c2ccccc21. The second-order valence-corrected chi connectivity index (χ2v) is 12.9. The molecular weight excluding hydrogens is 556 g/mol. The molecule has 2 heteroatoms. The molecule has 0 fully saturated rings. The quantitative estimate of drug-likeness (QED) is 0.162. The lowest BCUT2D eigenvalue weighted by Crippen LogP contribution is -2.19. The fourth-order valence-corrected chi connectivity index (χ4v) is 7.65. The summed E-state index contributed by atoms with van der Waals surface area (Å²) in [5.74, 6) is 0. The summed E-state index contributed by atoms with van der Waals surface area (Å²) < 4.78 is 0. The second kappa shape index (κ2) is 10.5. The average Bonchev–Trinajstić information content (AvgIpc) is 3.09. The van der Waals surface area contributed by atoms with E-state index < -0.39 is 0 Å². The highest BCUT2D eigenvalue weighted by atomic mass is 15.1. The van der Waals surface area contributed by atoms with Gasteiger partial charge >= 0.3 is 0 Å². The van der Waals surface area contributed by atoms with Gasteiger partial charge in [-0.1, -0.05) is 84.9 Å². The van der Waals surface area contributed by atoms with Gasteiger partial charge in [-0.15, -0.1) is 0 Å². The van der Waals surface area contributed by atoms with E-state index in [1.54, 1.807) is 0 Å². The minimum atomic E-state index is 0.797. The number of fused-ring (bicyclic) bond motifs is 14. The van der Waals surface area contributed by atoms with Crippen molar-refractivity contribution in [2.75, 3.05) is 23.9 Å². The Morgan fingerprint density at radius 2 is 0.717 bits per heavy atom. The zero-order chi connectivity index (χ0) is 30.8. The topological polar surface area (TPSA) is 6.48 Å². The molecule has 9 rings (SSSR count). The Hall–Kier alpha value is -5.60. The van der Waals surface area contributed by atoms with Gasteiger partial charge in [0.2, 0.25) is 0 Å². The molecule has 1 heterocycles. The maximum atomic E-state index is 2.43. The number of hydrogen-bond acceptors (Lipinski definition) is 2. The van der Waals surface area contributed by atoms with E-state index in [-0.39, 0.29) is 0 Å². The molecule has 8 aromatic carbocycles. The van der Waals surface area contributed by atoms with Crippen molar-refractivity contribution < 1.29 is 0 Å². The number of rotatable bonds is 0. The van der Waals surface area contributed by atoms with E-state index in [4.69, 9.17) is 0 Å². The molecular formula is C44H34N2. The van der Waals surface area contributed by atoms with Gasteiger partial charge in [0.25, 0.3) is 0 Å². The molecule has 220 valence electrons. The molecule has 4 bridgehead atoms. The Morgan fingerprint density at radius 3 is 1.15 bits per heavy atom. The maximum absolute atomic E-state index is 2.43. The highest BCUT2D eigenvalue weighted by Crippen LogP contribution is 2.42. The molecule has 0 saturated carbocycles. The largest absolute Gasteiger partial charge is 0.370 e. The van der Waals surface area contributed by atoms with E-state index in [1.807, 2.05) is 0 Å². The van der Waals surface area contributed by atoms with Crippen LogP contribution in [0.25, 0.3) is 65.3 Å². The Bertz CT molecular complexity index is 2300. The number of hydrogen-bond donors (Lipinski definition) is 0. The molecule has 0 amide bonds. The molecule has 0 aromatic heterocycles. The normalized spacial score (nSPS) is 13.2. The lowest BCUT2D eigenvalue weighted by Gasteiger charge is -2.27. The fraction of sp³-hybridized carbons (Fsp3) is 0.0909. The van der Waals surface area contributed by atoms with E-state index in [9.17, 15) is 0 Å². The first-order chi connectivity index (χ1) is 22.6. The van der Waals surface area contributed by atoms with Crippen LogP contribution in [-0.4, -0.2) is 14.1 Å². The molecule has 0 saturated heterocycles. The van der Waals surface area contributed by atoms with Crippen molar-refractivity contribution in [3.8, 4) is 22.3 Å². The van der Waals surface area contributed by atoms with Crippen LogP contribution < -0.4 is 9.80 Å². The Balaban J connectivity index is 1.34. The van der Waals surface area contributed by atoms with Crippen LogP contribution in [0.2, 0.25) is 0 Å². The van der Waals surface area contributed by atoms with Crippen LogP contribution in [-0.2, 0) is 13.1 Å². The Labute approximate surface area is 269 Å². The summed E-state index contributed by atoms with van der Waals surface area (Å²) in [6, 6.07) is 54.4. The summed E-state index contributed by atoms with van der Waals surface area (Å²) in [4.78, 5) is 4.84. The Kier molecular flexibility index (Phi) is 6.11. The van der Waals surface area contributed by atoms with Crippen molar-refractivity contribution in [3.63, 3.8) is 0 Å². The first-order valence-electron chi connectivity index (χ1n) is 16.1. The van der Waals surface area contributed by atoms with Crippen molar-refractivity contribution in [2.45, 2.75) is 13.1 Å². The van der Waals surface area contributed by atoms with Crippen molar-refractivity contribution in [1.29, 1.82) is 0 Å². The lowest BCUT2D eigenvalue weighted by molar-refractivity contribution is 0.920. The number of para-hydroxylation sites is 2. The van der Waals surface area contributed by atoms with Crippen molar-refractivity contribution >= 4 is 54.5 Å². The standard InChI is InChI=1S/C44H34N2/c1-45-27-29-19-35-23-31-11-3-6-14-34(31)26-40(35)42(21-29)38-16-8-10-18-44(38)46(2)28-30-20-36-24-32-12-4-5-13-33(32)25-39(36)41(22-30)37-15-7-9-17-43(37)45/h3-26H,27-28H2,1-2H3. The van der Waals surface area contributed by atoms with Crippen molar-refractivity contribution in [1.82, 2.24) is 0 Å². The first kappa shape index (κ1) is 26.8. The highest BCUT2D eigenvalue weighted by Gasteiger charge is 2.19. The van der Waals surface area contributed by atoms with Crippen LogP contribution in [0.3, 0.4) is 0 Å². The van der Waals surface area contributed by atoms with E-state index in [0.717, 1.165) is 13.1 Å². The molecule has 0 atom stereocenters. The van der Waals surface area contributed by atoms with Crippen molar-refractivity contribution in [3.05, 3.63) is 157 Å². The Morgan fingerprint density at radius 1 is 0.348 bits per heavy atom. The van der Waals surface area contributed by atoms with Crippen molar-refractivity contribution in [2.24, 2.45) is 0 Å². The number of benzene rings is 8. The van der Waals surface area contributed by atoms with Gasteiger partial charge in [-0.3, -0.25) is 0 Å². The van der Waals surface area contributed by atoms with Crippen LogP contribution in [0.1, 0.15) is 11.1 Å². The zero-order valence-corrected chi connectivity index (χ0v) is 26.2. The van der Waals surface area contributed by atoms with Crippen LogP contribution in [0.4, 0.5) is 11.4 Å². The van der Waals surface area contributed by atoms with Gasteiger partial charge in [-0.05, 0) is 126 Å². The second-order valence-electron chi connectivity index (χ2n) is 12.9. The molecule has 1 aliphatic heterocycles. The monoisotopic (exact) mass is 590 g/mol. The molecule has 1 aliphatic rings. The molecule has 0 N–H and O–H groups in total. The molecule has 0 aliphatic carbocycles. The van der Waals surface area contributed by atoms with Gasteiger partial charge in [-0.25, -0.2) is 0 Å².